The second-order valence-corrected chi connectivity index (χ2v) is 2.64. The molecule has 12 heavy (non-hydrogen) atoms. The normalized spacial score (nSPS) is 15.2. The van der Waals surface area contributed by atoms with Crippen molar-refractivity contribution < 1.29 is 4.39 Å². The Bertz CT molecular complexity index is 220. The van der Waals surface area contributed by atoms with Gasteiger partial charge in [0.2, 0.25) is 0 Å². The van der Waals surface area contributed by atoms with Crippen LogP contribution in [-0.4, -0.2) is 6.54 Å². The fraction of sp³-hybridized carbons (Fsp3) is 0.400. The Labute approximate surface area is 73.5 Å². The number of nitrogens with two attached hydrogens (primary N) is 1. The van der Waals surface area contributed by atoms with Crippen LogP contribution < -0.4 is 5.73 Å². The van der Waals surface area contributed by atoms with E-state index in [9.17, 15) is 4.39 Å². The van der Waals surface area contributed by atoms with Crippen LogP contribution in [0.5, 0.6) is 0 Å². The maximum absolute atomic E-state index is 12.6. The summed E-state index contributed by atoms with van der Waals surface area (Å²) in [5.41, 5.74) is 7.01. The molecule has 0 aromatic carbocycles. The van der Waals surface area contributed by atoms with Crippen LogP contribution in [-0.2, 0) is 0 Å². The van der Waals surface area contributed by atoms with Gasteiger partial charge in [0.1, 0.15) is 0 Å². The van der Waals surface area contributed by atoms with Crippen molar-refractivity contribution >= 4 is 0 Å². The molecule has 2 N–H and O–H groups in total. The van der Waals surface area contributed by atoms with Crippen molar-refractivity contribution in [1.29, 1.82) is 0 Å². The second kappa shape index (κ2) is 5.72. The molecule has 0 aliphatic heterocycles. The largest absolute Gasteiger partial charge is 0.326 e. The van der Waals surface area contributed by atoms with E-state index in [1.54, 1.807) is 13.0 Å². The van der Waals surface area contributed by atoms with E-state index in [0.717, 1.165) is 5.57 Å². The summed E-state index contributed by atoms with van der Waals surface area (Å²) in [5, 5.41) is 0. The van der Waals surface area contributed by atoms with Crippen molar-refractivity contribution in [1.82, 2.24) is 0 Å². The lowest BCUT2D eigenvalue weighted by atomic mass is 10.1. The standard InChI is InChI=1S/C10H16FN/c1-4-5-10(7-12)6-8(2)9(3)11/h4-6H,7,12H2,1-3H3/b5-4-,9-8+,10-6+. The Kier molecular flexibility index (Phi) is 5.30. The third kappa shape index (κ3) is 4.09. The molecule has 0 fully saturated rings. The van der Waals surface area contributed by atoms with Crippen LogP contribution in [0.15, 0.2) is 35.2 Å². The molecule has 0 saturated heterocycles. The summed E-state index contributed by atoms with van der Waals surface area (Å²) < 4.78 is 12.6. The van der Waals surface area contributed by atoms with Gasteiger partial charge in [-0.05, 0) is 31.9 Å². The Morgan fingerprint density at radius 2 is 2.00 bits per heavy atom. The van der Waals surface area contributed by atoms with Crippen molar-refractivity contribution in [2.24, 2.45) is 5.73 Å². The molecular weight excluding hydrogens is 153 g/mol. The minimum absolute atomic E-state index is 0.162. The summed E-state index contributed by atoms with van der Waals surface area (Å²) in [5.74, 6) is -0.162. The fourth-order valence-corrected chi connectivity index (χ4v) is 0.767. The van der Waals surface area contributed by atoms with Crippen molar-refractivity contribution in [2.45, 2.75) is 20.8 Å². The van der Waals surface area contributed by atoms with Gasteiger partial charge in [-0.15, -0.1) is 0 Å². The Hall–Kier alpha value is -0.890. The third-order valence-electron chi connectivity index (χ3n) is 1.56. The molecule has 0 heterocycles. The van der Waals surface area contributed by atoms with Gasteiger partial charge in [0.25, 0.3) is 0 Å². The van der Waals surface area contributed by atoms with Crippen LogP contribution >= 0.6 is 0 Å². The lowest BCUT2D eigenvalue weighted by molar-refractivity contribution is 0.631. The molecule has 0 saturated carbocycles. The molecule has 68 valence electrons. The first-order valence-electron chi connectivity index (χ1n) is 3.98. The molecule has 0 aromatic rings. The van der Waals surface area contributed by atoms with Crippen LogP contribution in [0.4, 0.5) is 4.39 Å². The monoisotopic (exact) mass is 169 g/mol. The molecule has 0 amide bonds. The SMILES string of the molecule is C\C=C/C(=C\C(C)=C(/C)F)CN. The van der Waals surface area contributed by atoms with E-state index in [0.29, 0.717) is 12.1 Å². The van der Waals surface area contributed by atoms with E-state index in [1.807, 2.05) is 19.1 Å². The van der Waals surface area contributed by atoms with E-state index in [1.165, 1.54) is 6.92 Å². The maximum Gasteiger partial charge on any atom is 0.0997 e. The molecule has 1 nitrogen and oxygen atoms in total. The van der Waals surface area contributed by atoms with Gasteiger partial charge in [-0.1, -0.05) is 18.2 Å². The van der Waals surface area contributed by atoms with Crippen molar-refractivity contribution in [3.63, 3.8) is 0 Å². The van der Waals surface area contributed by atoms with Crippen LogP contribution in [0.25, 0.3) is 0 Å². The van der Waals surface area contributed by atoms with Gasteiger partial charge in [0.05, 0.1) is 5.83 Å². The van der Waals surface area contributed by atoms with E-state index in [4.69, 9.17) is 5.73 Å². The van der Waals surface area contributed by atoms with Gasteiger partial charge in [-0.25, -0.2) is 4.39 Å². The van der Waals surface area contributed by atoms with Gasteiger partial charge in [0, 0.05) is 6.54 Å². The first-order valence-corrected chi connectivity index (χ1v) is 3.98. The van der Waals surface area contributed by atoms with Gasteiger partial charge in [-0.3, -0.25) is 0 Å². The number of rotatable bonds is 3. The van der Waals surface area contributed by atoms with Gasteiger partial charge < -0.3 is 5.73 Å². The zero-order valence-electron chi connectivity index (χ0n) is 7.89. The molecule has 0 aliphatic rings. The highest BCUT2D eigenvalue weighted by molar-refractivity contribution is 5.30. The molecule has 0 unspecified atom stereocenters. The molecule has 0 aromatic heterocycles. The zero-order valence-corrected chi connectivity index (χ0v) is 7.89. The quantitative estimate of drug-likeness (QED) is 0.646. The van der Waals surface area contributed by atoms with Gasteiger partial charge in [-0.2, -0.15) is 0 Å². The summed E-state index contributed by atoms with van der Waals surface area (Å²) in [6, 6.07) is 0. The summed E-state index contributed by atoms with van der Waals surface area (Å²) in [7, 11) is 0. The lowest BCUT2D eigenvalue weighted by Gasteiger charge is -1.98. The van der Waals surface area contributed by atoms with Crippen molar-refractivity contribution in [2.75, 3.05) is 6.54 Å². The number of halogens is 1. The first kappa shape index (κ1) is 11.1. The molecular formula is C10H16FN. The number of hydrogen-bond donors (Lipinski definition) is 1. The predicted octanol–water partition coefficient (Wildman–Crippen LogP) is 2.71. The summed E-state index contributed by atoms with van der Waals surface area (Å²) >= 11 is 0. The van der Waals surface area contributed by atoms with E-state index in [-0.39, 0.29) is 5.83 Å². The van der Waals surface area contributed by atoms with E-state index >= 15 is 0 Å². The average Bonchev–Trinajstić information content (AvgIpc) is 2.03. The summed E-state index contributed by atoms with van der Waals surface area (Å²) in [6.07, 6.45) is 5.53. The van der Waals surface area contributed by atoms with Crippen molar-refractivity contribution in [3.05, 3.63) is 35.2 Å². The fourth-order valence-electron chi connectivity index (χ4n) is 0.767. The minimum Gasteiger partial charge on any atom is -0.326 e. The van der Waals surface area contributed by atoms with Crippen molar-refractivity contribution in [3.8, 4) is 0 Å². The second-order valence-electron chi connectivity index (χ2n) is 2.64. The number of hydrogen-bond acceptors (Lipinski definition) is 1. The Balaban J connectivity index is 4.60. The highest BCUT2D eigenvalue weighted by Crippen LogP contribution is 2.08. The predicted molar refractivity (Wildman–Crippen MR) is 51.4 cm³/mol. The highest BCUT2D eigenvalue weighted by Gasteiger charge is 1.93. The molecule has 2 heteroatoms. The lowest BCUT2D eigenvalue weighted by Crippen LogP contribution is -2.01. The average molecular weight is 169 g/mol. The molecule has 0 bridgehead atoms. The zero-order chi connectivity index (χ0) is 9.56. The van der Waals surface area contributed by atoms with E-state index < -0.39 is 0 Å². The molecule has 0 rings (SSSR count). The van der Waals surface area contributed by atoms with Gasteiger partial charge >= 0.3 is 0 Å². The summed E-state index contributed by atoms with van der Waals surface area (Å²) in [4.78, 5) is 0. The smallest absolute Gasteiger partial charge is 0.0997 e. The molecule has 0 aliphatic carbocycles. The Morgan fingerprint density at radius 3 is 2.33 bits per heavy atom. The maximum atomic E-state index is 12.6. The van der Waals surface area contributed by atoms with Crippen LogP contribution in [0, 0.1) is 0 Å². The minimum atomic E-state index is -0.162. The number of allylic oxidation sites excluding steroid dienone is 4. The first-order chi connectivity index (χ1) is 5.61. The highest BCUT2D eigenvalue weighted by atomic mass is 19.1. The van der Waals surface area contributed by atoms with Crippen LogP contribution in [0.2, 0.25) is 0 Å². The molecule has 0 atom stereocenters. The van der Waals surface area contributed by atoms with Gasteiger partial charge in [0.15, 0.2) is 0 Å². The molecule has 0 radical (unpaired) electrons. The van der Waals surface area contributed by atoms with E-state index in [2.05, 4.69) is 0 Å². The third-order valence-corrected chi connectivity index (χ3v) is 1.56. The topological polar surface area (TPSA) is 26.0 Å². The Morgan fingerprint density at radius 1 is 1.42 bits per heavy atom. The van der Waals surface area contributed by atoms with Crippen LogP contribution in [0.3, 0.4) is 0 Å². The molecule has 0 spiro atoms. The van der Waals surface area contributed by atoms with Crippen LogP contribution in [0.1, 0.15) is 20.8 Å². The summed E-state index contributed by atoms with van der Waals surface area (Å²) in [6.45, 7) is 5.52.